The number of carbonyl (C=O) groups is 1. The summed E-state index contributed by atoms with van der Waals surface area (Å²) in [5.41, 5.74) is 1.11. The van der Waals surface area contributed by atoms with E-state index >= 15 is 0 Å². The Morgan fingerprint density at radius 2 is 1.91 bits per heavy atom. The van der Waals surface area contributed by atoms with Crippen molar-refractivity contribution >= 4 is 21.4 Å². The molecule has 1 unspecified atom stereocenters. The highest BCUT2D eigenvalue weighted by atomic mass is 32.2. The van der Waals surface area contributed by atoms with Crippen molar-refractivity contribution in [3.05, 3.63) is 42.1 Å². The number of ether oxygens (including phenoxy) is 1. The topological polar surface area (TPSA) is 101 Å². The zero-order chi connectivity index (χ0) is 24.3. The lowest BCUT2D eigenvalue weighted by Gasteiger charge is -2.35. The van der Waals surface area contributed by atoms with Crippen LogP contribution in [0.25, 0.3) is 0 Å². The molecule has 1 aliphatic carbocycles. The van der Waals surface area contributed by atoms with Gasteiger partial charge in [0.2, 0.25) is 11.8 Å². The molecule has 2 aliphatic rings. The van der Waals surface area contributed by atoms with Gasteiger partial charge in [0.25, 0.3) is 0 Å². The minimum Gasteiger partial charge on any atom is -0.480 e. The molecule has 1 amide bonds. The Kier molecular flexibility index (Phi) is 7.35. The van der Waals surface area contributed by atoms with Gasteiger partial charge in [0.15, 0.2) is 9.84 Å². The van der Waals surface area contributed by atoms with Crippen molar-refractivity contribution < 1.29 is 22.3 Å². The summed E-state index contributed by atoms with van der Waals surface area (Å²) in [5, 5.41) is 2.98. The fraction of sp³-hybridized carbons (Fsp3) is 0.542. The van der Waals surface area contributed by atoms with Crippen LogP contribution < -0.4 is 10.1 Å². The second-order valence-corrected chi connectivity index (χ2v) is 11.2. The van der Waals surface area contributed by atoms with Crippen molar-refractivity contribution in [2.75, 3.05) is 25.2 Å². The van der Waals surface area contributed by atoms with E-state index in [2.05, 4.69) is 15.3 Å². The molecule has 1 saturated heterocycles. The lowest BCUT2D eigenvalue weighted by atomic mass is 9.82. The number of likely N-dealkylation sites (tertiary alicyclic amines) is 1. The maximum atomic E-state index is 14.4. The Balaban J connectivity index is 1.26. The fourth-order valence-electron chi connectivity index (χ4n) is 4.90. The number of nitrogens with zero attached hydrogens (tertiary/aromatic N) is 3. The lowest BCUT2D eigenvalue weighted by Crippen LogP contribution is -2.42. The van der Waals surface area contributed by atoms with Gasteiger partial charge >= 0.3 is 0 Å². The van der Waals surface area contributed by atoms with Crippen LogP contribution in [-0.2, 0) is 21.1 Å². The molecular weight excluding hydrogens is 459 g/mol. The molecule has 1 saturated carbocycles. The van der Waals surface area contributed by atoms with Gasteiger partial charge in [-0.25, -0.2) is 17.8 Å². The van der Waals surface area contributed by atoms with Crippen LogP contribution >= 0.6 is 0 Å². The van der Waals surface area contributed by atoms with Crippen LogP contribution in [0, 0.1) is 11.7 Å². The molecule has 184 valence electrons. The number of carbonyl (C=O) groups excluding carboxylic acids is 1. The lowest BCUT2D eigenvalue weighted by molar-refractivity contribution is -0.131. The maximum absolute atomic E-state index is 14.4. The van der Waals surface area contributed by atoms with Gasteiger partial charge in [0.05, 0.1) is 35.8 Å². The third-order valence-corrected chi connectivity index (χ3v) is 8.01. The number of hydrogen-bond acceptors (Lipinski definition) is 7. The van der Waals surface area contributed by atoms with Crippen molar-refractivity contribution in [2.45, 2.75) is 61.9 Å². The Hall–Kier alpha value is -2.75. The molecule has 0 bridgehead atoms. The third-order valence-electron chi connectivity index (χ3n) is 6.89. The third kappa shape index (κ3) is 5.65. The number of amides is 1. The molecule has 1 aromatic heterocycles. The van der Waals surface area contributed by atoms with E-state index in [0.29, 0.717) is 24.8 Å². The molecule has 1 N–H and O–H groups in total. The average Bonchev–Trinajstić information content (AvgIpc) is 3.19. The molecular formula is C24H31FN4O4S. The Morgan fingerprint density at radius 1 is 1.15 bits per heavy atom. The number of methoxy groups -OCH3 is 1. The monoisotopic (exact) mass is 490 g/mol. The number of halogens is 1. The molecule has 2 heterocycles. The Bertz CT molecular complexity index is 1120. The van der Waals surface area contributed by atoms with Crippen molar-refractivity contribution in [1.82, 2.24) is 14.9 Å². The van der Waals surface area contributed by atoms with Gasteiger partial charge in [-0.3, -0.25) is 9.78 Å². The van der Waals surface area contributed by atoms with Gasteiger partial charge in [-0.15, -0.1) is 0 Å². The quantitative estimate of drug-likeness (QED) is 0.606. The molecule has 1 aliphatic heterocycles. The van der Waals surface area contributed by atoms with E-state index in [1.807, 2.05) is 4.90 Å². The van der Waals surface area contributed by atoms with Gasteiger partial charge in [-0.05, 0) is 69.1 Å². The molecule has 1 aromatic carbocycles. The number of benzene rings is 1. The molecule has 8 nitrogen and oxygen atoms in total. The van der Waals surface area contributed by atoms with Crippen LogP contribution in [0.4, 0.5) is 10.1 Å². The van der Waals surface area contributed by atoms with Gasteiger partial charge < -0.3 is 15.0 Å². The predicted molar refractivity (Wildman–Crippen MR) is 126 cm³/mol. The summed E-state index contributed by atoms with van der Waals surface area (Å²) in [7, 11) is -1.91. The van der Waals surface area contributed by atoms with Gasteiger partial charge in [0.1, 0.15) is 11.9 Å². The number of aromatic nitrogens is 2. The Labute approximate surface area is 199 Å². The summed E-state index contributed by atoms with van der Waals surface area (Å²) in [6.45, 7) is 0.649. The summed E-state index contributed by atoms with van der Waals surface area (Å²) in [6, 6.07) is 3.46. The van der Waals surface area contributed by atoms with Crippen molar-refractivity contribution in [3.63, 3.8) is 0 Å². The van der Waals surface area contributed by atoms with E-state index in [-0.39, 0.29) is 22.5 Å². The standard InChI is InChI=1S/C24H31FN4O4S/c1-33-23-15-26-17(14-27-23)6-3-16-4-7-18(8-5-16)29-12-11-22(24(29)30)28-21-10-9-19(13-20(21)25)34(2,31)32/h9-10,13-16,18,22,28H,3-8,11-12H2,1-2H3. The molecule has 2 fully saturated rings. The molecule has 34 heavy (non-hydrogen) atoms. The molecule has 0 spiro atoms. The highest BCUT2D eigenvalue weighted by Gasteiger charge is 2.37. The van der Waals surface area contributed by atoms with Crippen molar-refractivity contribution in [2.24, 2.45) is 5.92 Å². The van der Waals surface area contributed by atoms with E-state index in [4.69, 9.17) is 4.74 Å². The zero-order valence-electron chi connectivity index (χ0n) is 19.5. The first-order chi connectivity index (χ1) is 16.2. The number of anilines is 1. The molecule has 2 aromatic rings. The van der Waals surface area contributed by atoms with Crippen molar-refractivity contribution in [1.29, 1.82) is 0 Å². The van der Waals surface area contributed by atoms with E-state index in [1.54, 1.807) is 19.5 Å². The second kappa shape index (κ2) is 10.2. The fourth-order valence-corrected chi connectivity index (χ4v) is 5.54. The summed E-state index contributed by atoms with van der Waals surface area (Å²) in [5.74, 6) is 0.440. The zero-order valence-corrected chi connectivity index (χ0v) is 20.4. The summed E-state index contributed by atoms with van der Waals surface area (Å²) >= 11 is 0. The van der Waals surface area contributed by atoms with Crippen LogP contribution in [0.5, 0.6) is 5.88 Å². The number of rotatable bonds is 8. The molecule has 1 atom stereocenters. The van der Waals surface area contributed by atoms with Crippen LogP contribution in [0.2, 0.25) is 0 Å². The van der Waals surface area contributed by atoms with E-state index in [9.17, 15) is 17.6 Å². The summed E-state index contributed by atoms with van der Waals surface area (Å²) in [6.07, 6.45) is 11.0. The minimum absolute atomic E-state index is 0.0106. The van der Waals surface area contributed by atoms with Gasteiger partial charge in [-0.1, -0.05) is 0 Å². The highest BCUT2D eigenvalue weighted by Crippen LogP contribution is 2.33. The molecule has 0 radical (unpaired) electrons. The van der Waals surface area contributed by atoms with Crippen LogP contribution in [0.15, 0.2) is 35.5 Å². The predicted octanol–water partition coefficient (Wildman–Crippen LogP) is 3.23. The maximum Gasteiger partial charge on any atom is 0.245 e. The highest BCUT2D eigenvalue weighted by molar-refractivity contribution is 7.90. The van der Waals surface area contributed by atoms with Crippen LogP contribution in [0.3, 0.4) is 0 Å². The SMILES string of the molecule is COc1cnc(CCC2CCC(N3CCC(Nc4ccc(S(C)(=O)=O)cc4F)C3=O)CC2)cn1. The van der Waals surface area contributed by atoms with Crippen LogP contribution in [-0.4, -0.2) is 61.2 Å². The summed E-state index contributed by atoms with van der Waals surface area (Å²) < 4.78 is 42.7. The molecule has 10 heteroatoms. The van der Waals surface area contributed by atoms with Crippen LogP contribution in [0.1, 0.15) is 44.2 Å². The first-order valence-electron chi connectivity index (χ1n) is 11.7. The number of hydrogen-bond donors (Lipinski definition) is 1. The first-order valence-corrected chi connectivity index (χ1v) is 13.6. The molecule has 4 rings (SSSR count). The first kappa shape index (κ1) is 24.4. The average molecular weight is 491 g/mol. The number of aryl methyl sites for hydroxylation is 1. The van der Waals surface area contributed by atoms with Crippen molar-refractivity contribution in [3.8, 4) is 5.88 Å². The van der Waals surface area contributed by atoms with E-state index in [0.717, 1.165) is 56.5 Å². The number of nitrogens with one attached hydrogen (secondary N) is 1. The normalized spacial score (nSPS) is 23.2. The van der Waals surface area contributed by atoms with Gasteiger partial charge in [0, 0.05) is 18.8 Å². The smallest absolute Gasteiger partial charge is 0.245 e. The van der Waals surface area contributed by atoms with E-state index in [1.165, 1.54) is 12.1 Å². The minimum atomic E-state index is -3.49. The largest absolute Gasteiger partial charge is 0.480 e. The Morgan fingerprint density at radius 3 is 2.53 bits per heavy atom. The summed E-state index contributed by atoms with van der Waals surface area (Å²) in [4.78, 5) is 23.5. The second-order valence-electron chi connectivity index (χ2n) is 9.19. The van der Waals surface area contributed by atoms with Gasteiger partial charge in [-0.2, -0.15) is 0 Å². The number of sulfone groups is 1. The van der Waals surface area contributed by atoms with E-state index < -0.39 is 21.7 Å².